The average Bonchev–Trinajstić information content (AvgIpc) is 2.38. The molecule has 0 saturated carbocycles. The van der Waals surface area contributed by atoms with Crippen molar-refractivity contribution in [3.05, 3.63) is 24.3 Å². The van der Waals surface area contributed by atoms with E-state index in [1.54, 1.807) is 7.11 Å². The van der Waals surface area contributed by atoms with Crippen LogP contribution in [0.2, 0.25) is 0 Å². The highest BCUT2D eigenvalue weighted by molar-refractivity contribution is 5.83. The van der Waals surface area contributed by atoms with Gasteiger partial charge >= 0.3 is 0 Å². The minimum Gasteiger partial charge on any atom is -0.497 e. The molecule has 1 atom stereocenters. The Morgan fingerprint density at radius 2 is 2.39 bits per heavy atom. The molecule has 1 aromatic rings. The summed E-state index contributed by atoms with van der Waals surface area (Å²) in [6.45, 7) is 1.97. The molecular weight excluding hydrogens is 230 g/mol. The first kappa shape index (κ1) is 12.7. The molecule has 1 heterocycles. The predicted octanol–water partition coefficient (Wildman–Crippen LogP) is 0.219. The predicted molar refractivity (Wildman–Crippen MR) is 71.1 cm³/mol. The number of carbonyl (C=O) groups excluding carboxylic acids is 1. The van der Waals surface area contributed by atoms with Crippen molar-refractivity contribution in [1.82, 2.24) is 10.6 Å². The molecule has 5 heteroatoms. The van der Waals surface area contributed by atoms with Crippen molar-refractivity contribution in [2.24, 2.45) is 0 Å². The highest BCUT2D eigenvalue weighted by Crippen LogP contribution is 2.21. The largest absolute Gasteiger partial charge is 0.497 e. The second kappa shape index (κ2) is 5.73. The second-order valence-corrected chi connectivity index (χ2v) is 4.40. The van der Waals surface area contributed by atoms with Gasteiger partial charge in [-0.25, -0.2) is 0 Å². The van der Waals surface area contributed by atoms with Gasteiger partial charge in [-0.15, -0.1) is 0 Å². The van der Waals surface area contributed by atoms with Crippen LogP contribution in [0.5, 0.6) is 5.75 Å². The van der Waals surface area contributed by atoms with Crippen molar-refractivity contribution < 1.29 is 9.53 Å². The molecule has 1 aromatic carbocycles. The quantitative estimate of drug-likeness (QED) is 0.801. The van der Waals surface area contributed by atoms with Crippen molar-refractivity contribution in [2.75, 3.05) is 38.7 Å². The zero-order valence-corrected chi connectivity index (χ0v) is 10.8. The lowest BCUT2D eigenvalue weighted by molar-refractivity contribution is -0.121. The topological polar surface area (TPSA) is 53.6 Å². The van der Waals surface area contributed by atoms with Gasteiger partial charge in [0.1, 0.15) is 5.75 Å². The molecule has 2 rings (SSSR count). The standard InChI is InChI=1S/C13H19N3O2/c1-14-7-10-8-16(9-13(17)15-10)11-4-3-5-12(6-11)18-2/h3-6,10,14H,7-9H2,1-2H3,(H,15,17). The maximum atomic E-state index is 11.7. The molecule has 1 amide bonds. The Bertz CT molecular complexity index is 422. The fourth-order valence-corrected chi connectivity index (χ4v) is 2.19. The van der Waals surface area contributed by atoms with Crippen LogP contribution in [0.25, 0.3) is 0 Å². The van der Waals surface area contributed by atoms with E-state index >= 15 is 0 Å². The fourth-order valence-electron chi connectivity index (χ4n) is 2.19. The summed E-state index contributed by atoms with van der Waals surface area (Å²) in [5.74, 6) is 0.868. The summed E-state index contributed by atoms with van der Waals surface area (Å²) in [5, 5.41) is 6.06. The van der Waals surface area contributed by atoms with E-state index in [1.165, 1.54) is 0 Å². The summed E-state index contributed by atoms with van der Waals surface area (Å²) in [4.78, 5) is 13.7. The van der Waals surface area contributed by atoms with Crippen LogP contribution >= 0.6 is 0 Å². The molecule has 0 aliphatic carbocycles. The highest BCUT2D eigenvalue weighted by Gasteiger charge is 2.24. The Labute approximate surface area is 107 Å². The van der Waals surface area contributed by atoms with Crippen molar-refractivity contribution >= 4 is 11.6 Å². The van der Waals surface area contributed by atoms with Crippen LogP contribution in [0.1, 0.15) is 0 Å². The number of nitrogens with zero attached hydrogens (tertiary/aromatic N) is 1. The van der Waals surface area contributed by atoms with Gasteiger partial charge in [0.25, 0.3) is 0 Å². The van der Waals surface area contributed by atoms with E-state index in [0.29, 0.717) is 6.54 Å². The number of benzene rings is 1. The van der Waals surface area contributed by atoms with Crippen LogP contribution in [-0.4, -0.2) is 45.7 Å². The van der Waals surface area contributed by atoms with Crippen molar-refractivity contribution in [3.8, 4) is 5.75 Å². The second-order valence-electron chi connectivity index (χ2n) is 4.40. The summed E-state index contributed by atoms with van der Waals surface area (Å²) in [6.07, 6.45) is 0. The number of ether oxygens (including phenoxy) is 1. The molecule has 0 spiro atoms. The van der Waals surface area contributed by atoms with Gasteiger partial charge < -0.3 is 20.3 Å². The number of methoxy groups -OCH3 is 1. The Morgan fingerprint density at radius 1 is 1.56 bits per heavy atom. The lowest BCUT2D eigenvalue weighted by Crippen LogP contribution is -2.57. The first-order valence-electron chi connectivity index (χ1n) is 6.06. The average molecular weight is 249 g/mol. The third kappa shape index (κ3) is 2.92. The molecule has 2 N–H and O–H groups in total. The molecule has 1 aliphatic heterocycles. The minimum atomic E-state index is 0.0596. The van der Waals surface area contributed by atoms with Gasteiger partial charge in [0, 0.05) is 24.8 Å². The molecule has 1 unspecified atom stereocenters. The van der Waals surface area contributed by atoms with Gasteiger partial charge in [-0.1, -0.05) is 6.07 Å². The molecule has 1 fully saturated rings. The maximum absolute atomic E-state index is 11.7. The third-order valence-corrected chi connectivity index (χ3v) is 3.01. The van der Waals surface area contributed by atoms with Crippen molar-refractivity contribution in [1.29, 1.82) is 0 Å². The van der Waals surface area contributed by atoms with E-state index in [4.69, 9.17) is 4.74 Å². The maximum Gasteiger partial charge on any atom is 0.239 e. The Hall–Kier alpha value is -1.75. The smallest absolute Gasteiger partial charge is 0.239 e. The molecule has 0 bridgehead atoms. The van der Waals surface area contributed by atoms with Crippen LogP contribution in [0, 0.1) is 0 Å². The van der Waals surface area contributed by atoms with E-state index < -0.39 is 0 Å². The third-order valence-electron chi connectivity index (χ3n) is 3.01. The van der Waals surface area contributed by atoms with E-state index in [9.17, 15) is 4.79 Å². The summed E-state index contributed by atoms with van der Waals surface area (Å²) >= 11 is 0. The molecule has 1 saturated heterocycles. The van der Waals surface area contributed by atoms with Gasteiger partial charge in [0.2, 0.25) is 5.91 Å². The van der Waals surface area contributed by atoms with Crippen LogP contribution in [-0.2, 0) is 4.79 Å². The molecule has 1 aliphatic rings. The van der Waals surface area contributed by atoms with Crippen LogP contribution in [0.15, 0.2) is 24.3 Å². The lowest BCUT2D eigenvalue weighted by Gasteiger charge is -2.34. The van der Waals surface area contributed by atoms with Crippen LogP contribution in [0.3, 0.4) is 0 Å². The van der Waals surface area contributed by atoms with Gasteiger partial charge in [0.15, 0.2) is 0 Å². The number of carbonyl (C=O) groups is 1. The number of rotatable bonds is 4. The normalized spacial score (nSPS) is 19.6. The number of nitrogens with one attached hydrogen (secondary N) is 2. The number of anilines is 1. The number of hydrogen-bond donors (Lipinski definition) is 2. The zero-order chi connectivity index (χ0) is 13.0. The Kier molecular flexibility index (Phi) is 4.04. The molecule has 0 aromatic heterocycles. The number of amides is 1. The van der Waals surface area contributed by atoms with Gasteiger partial charge in [-0.05, 0) is 19.2 Å². The van der Waals surface area contributed by atoms with E-state index in [2.05, 4.69) is 15.5 Å². The molecule has 18 heavy (non-hydrogen) atoms. The van der Waals surface area contributed by atoms with Crippen molar-refractivity contribution in [3.63, 3.8) is 0 Å². The zero-order valence-electron chi connectivity index (χ0n) is 10.8. The van der Waals surface area contributed by atoms with Crippen molar-refractivity contribution in [2.45, 2.75) is 6.04 Å². The first-order valence-corrected chi connectivity index (χ1v) is 6.06. The first-order chi connectivity index (χ1) is 8.72. The van der Waals surface area contributed by atoms with Gasteiger partial charge in [0.05, 0.1) is 19.7 Å². The van der Waals surface area contributed by atoms with Crippen LogP contribution < -0.4 is 20.3 Å². The molecule has 0 radical (unpaired) electrons. The van der Waals surface area contributed by atoms with Crippen LogP contribution in [0.4, 0.5) is 5.69 Å². The fraction of sp³-hybridized carbons (Fsp3) is 0.462. The summed E-state index contributed by atoms with van der Waals surface area (Å²) in [7, 11) is 3.53. The summed E-state index contributed by atoms with van der Waals surface area (Å²) < 4.78 is 5.21. The Balaban J connectivity index is 2.13. The number of piperazine rings is 1. The van der Waals surface area contributed by atoms with E-state index in [-0.39, 0.29) is 11.9 Å². The molecule has 5 nitrogen and oxygen atoms in total. The van der Waals surface area contributed by atoms with E-state index in [1.807, 2.05) is 31.3 Å². The summed E-state index contributed by atoms with van der Waals surface area (Å²) in [6, 6.07) is 7.93. The van der Waals surface area contributed by atoms with E-state index in [0.717, 1.165) is 24.5 Å². The number of likely N-dealkylation sites (N-methyl/N-ethyl adjacent to an activating group) is 1. The Morgan fingerprint density at radius 3 is 3.11 bits per heavy atom. The highest BCUT2D eigenvalue weighted by atomic mass is 16.5. The monoisotopic (exact) mass is 249 g/mol. The summed E-state index contributed by atoms with van der Waals surface area (Å²) in [5.41, 5.74) is 1.02. The van der Waals surface area contributed by atoms with Gasteiger partial charge in [-0.2, -0.15) is 0 Å². The molecular formula is C13H19N3O2. The molecule has 98 valence electrons. The number of hydrogen-bond acceptors (Lipinski definition) is 4. The van der Waals surface area contributed by atoms with Gasteiger partial charge in [-0.3, -0.25) is 4.79 Å². The minimum absolute atomic E-state index is 0.0596. The SMILES string of the molecule is CNCC1CN(c2cccc(OC)c2)CC(=O)N1. The lowest BCUT2D eigenvalue weighted by atomic mass is 10.1.